The third-order valence-electron chi connectivity index (χ3n) is 3.54. The molecule has 0 radical (unpaired) electrons. The van der Waals surface area contributed by atoms with Gasteiger partial charge in [0.25, 0.3) is 0 Å². The summed E-state index contributed by atoms with van der Waals surface area (Å²) in [5, 5.41) is 0. The number of hydrogen-bond acceptors (Lipinski definition) is 2. The average molecular weight is 219 g/mol. The number of rotatable bonds is 6. The van der Waals surface area contributed by atoms with Gasteiger partial charge in [0.15, 0.2) is 0 Å². The van der Waals surface area contributed by atoms with Crippen molar-refractivity contribution in [3.05, 3.63) is 35.9 Å². The fourth-order valence-electron chi connectivity index (χ4n) is 2.02. The smallest absolute Gasteiger partial charge is 0.144 e. The first-order valence-corrected chi connectivity index (χ1v) is 5.96. The Kier molecular flexibility index (Phi) is 4.69. The van der Waals surface area contributed by atoms with Crippen molar-refractivity contribution in [1.82, 2.24) is 0 Å². The van der Waals surface area contributed by atoms with Gasteiger partial charge in [-0.05, 0) is 18.4 Å². The van der Waals surface area contributed by atoms with Gasteiger partial charge in [-0.2, -0.15) is 0 Å². The average Bonchev–Trinajstić information content (AvgIpc) is 2.33. The van der Waals surface area contributed by atoms with Crippen molar-refractivity contribution in [2.75, 3.05) is 6.54 Å². The summed E-state index contributed by atoms with van der Waals surface area (Å²) in [7, 11) is 0. The maximum absolute atomic E-state index is 12.2. The van der Waals surface area contributed by atoms with Crippen molar-refractivity contribution in [2.24, 2.45) is 11.1 Å². The zero-order chi connectivity index (χ0) is 12.0. The molecule has 2 heteroatoms. The van der Waals surface area contributed by atoms with Crippen molar-refractivity contribution in [1.29, 1.82) is 0 Å². The zero-order valence-corrected chi connectivity index (χ0v) is 10.2. The summed E-state index contributed by atoms with van der Waals surface area (Å²) in [5.41, 5.74) is 6.52. The molecule has 0 aliphatic rings. The number of Topliss-reactive ketones (excluding diaryl/α,β-unsaturated/α-hetero) is 1. The number of hydrogen-bond donors (Lipinski definition) is 1. The van der Waals surface area contributed by atoms with Crippen LogP contribution >= 0.6 is 0 Å². The first kappa shape index (κ1) is 12.9. The van der Waals surface area contributed by atoms with Gasteiger partial charge in [-0.3, -0.25) is 4.79 Å². The van der Waals surface area contributed by atoms with Crippen LogP contribution in [-0.2, 0) is 11.2 Å². The Morgan fingerprint density at radius 2 is 1.75 bits per heavy atom. The van der Waals surface area contributed by atoms with Crippen LogP contribution in [0.15, 0.2) is 30.3 Å². The molecule has 0 amide bonds. The lowest BCUT2D eigenvalue weighted by atomic mass is 9.76. The molecule has 88 valence electrons. The normalized spacial score (nSPS) is 11.4. The Morgan fingerprint density at radius 1 is 1.19 bits per heavy atom. The quantitative estimate of drug-likeness (QED) is 0.799. The summed E-state index contributed by atoms with van der Waals surface area (Å²) < 4.78 is 0. The van der Waals surface area contributed by atoms with Crippen LogP contribution < -0.4 is 5.73 Å². The Bertz CT molecular complexity index is 320. The third-order valence-corrected chi connectivity index (χ3v) is 3.54. The molecule has 0 atom stereocenters. The number of nitrogens with two attached hydrogens (primary N) is 1. The van der Waals surface area contributed by atoms with Crippen LogP contribution in [0.5, 0.6) is 0 Å². The minimum atomic E-state index is -0.324. The van der Waals surface area contributed by atoms with Crippen LogP contribution in [0, 0.1) is 5.41 Å². The van der Waals surface area contributed by atoms with Gasteiger partial charge < -0.3 is 5.73 Å². The molecule has 2 N–H and O–H groups in total. The fourth-order valence-corrected chi connectivity index (χ4v) is 2.02. The minimum Gasteiger partial charge on any atom is -0.329 e. The van der Waals surface area contributed by atoms with Gasteiger partial charge in [-0.1, -0.05) is 44.2 Å². The van der Waals surface area contributed by atoms with Gasteiger partial charge in [0.2, 0.25) is 0 Å². The SMILES string of the molecule is CCC(CC)(CN)C(=O)Cc1ccccc1. The van der Waals surface area contributed by atoms with Crippen molar-refractivity contribution in [2.45, 2.75) is 33.1 Å². The zero-order valence-electron chi connectivity index (χ0n) is 10.2. The van der Waals surface area contributed by atoms with E-state index >= 15 is 0 Å². The molecule has 2 nitrogen and oxygen atoms in total. The second-order valence-electron chi connectivity index (χ2n) is 4.28. The highest BCUT2D eigenvalue weighted by Crippen LogP contribution is 2.27. The maximum atomic E-state index is 12.2. The van der Waals surface area contributed by atoms with E-state index in [0.717, 1.165) is 18.4 Å². The molecule has 0 unspecified atom stereocenters. The molecule has 0 aromatic heterocycles. The molecule has 1 aromatic carbocycles. The van der Waals surface area contributed by atoms with Gasteiger partial charge in [0, 0.05) is 18.4 Å². The number of ketones is 1. The summed E-state index contributed by atoms with van der Waals surface area (Å²) in [6.07, 6.45) is 2.15. The van der Waals surface area contributed by atoms with E-state index in [-0.39, 0.29) is 11.2 Å². The Balaban J connectivity index is 2.78. The van der Waals surface area contributed by atoms with Crippen molar-refractivity contribution < 1.29 is 4.79 Å². The molecule has 1 aromatic rings. The molecular weight excluding hydrogens is 198 g/mol. The third kappa shape index (κ3) is 2.70. The topological polar surface area (TPSA) is 43.1 Å². The second-order valence-corrected chi connectivity index (χ2v) is 4.28. The predicted molar refractivity (Wildman–Crippen MR) is 67.2 cm³/mol. The monoisotopic (exact) mass is 219 g/mol. The molecule has 1 rings (SSSR count). The largest absolute Gasteiger partial charge is 0.329 e. The van der Waals surface area contributed by atoms with Crippen molar-refractivity contribution >= 4 is 5.78 Å². The molecule has 0 saturated carbocycles. The Morgan fingerprint density at radius 3 is 2.19 bits per heavy atom. The lowest BCUT2D eigenvalue weighted by Gasteiger charge is -2.28. The van der Waals surface area contributed by atoms with Gasteiger partial charge in [0.1, 0.15) is 5.78 Å². The predicted octanol–water partition coefficient (Wildman–Crippen LogP) is 2.56. The van der Waals surface area contributed by atoms with E-state index in [0.29, 0.717) is 13.0 Å². The van der Waals surface area contributed by atoms with E-state index in [4.69, 9.17) is 5.73 Å². The van der Waals surface area contributed by atoms with E-state index in [9.17, 15) is 4.79 Å². The van der Waals surface area contributed by atoms with Gasteiger partial charge >= 0.3 is 0 Å². The van der Waals surface area contributed by atoms with Crippen LogP contribution in [0.3, 0.4) is 0 Å². The lowest BCUT2D eigenvalue weighted by molar-refractivity contribution is -0.128. The summed E-state index contributed by atoms with van der Waals surface area (Å²) in [6.45, 7) is 4.53. The van der Waals surface area contributed by atoms with E-state index < -0.39 is 0 Å². The van der Waals surface area contributed by atoms with Crippen LogP contribution in [0.4, 0.5) is 0 Å². The second kappa shape index (κ2) is 5.80. The molecule has 0 heterocycles. The highest BCUT2D eigenvalue weighted by molar-refractivity contribution is 5.87. The Labute approximate surface area is 97.9 Å². The van der Waals surface area contributed by atoms with Crippen molar-refractivity contribution in [3.8, 4) is 0 Å². The summed E-state index contributed by atoms with van der Waals surface area (Å²) in [4.78, 5) is 12.2. The van der Waals surface area contributed by atoms with E-state index in [1.165, 1.54) is 0 Å². The molecular formula is C14H21NO. The molecule has 0 aliphatic carbocycles. The molecule has 0 bridgehead atoms. The van der Waals surface area contributed by atoms with E-state index in [1.54, 1.807) is 0 Å². The molecule has 0 aliphatic heterocycles. The summed E-state index contributed by atoms with van der Waals surface area (Å²) in [5.74, 6) is 0.270. The highest BCUT2D eigenvalue weighted by atomic mass is 16.1. The highest BCUT2D eigenvalue weighted by Gasteiger charge is 2.32. The van der Waals surface area contributed by atoms with Crippen LogP contribution in [0.25, 0.3) is 0 Å². The van der Waals surface area contributed by atoms with Crippen LogP contribution in [0.2, 0.25) is 0 Å². The number of benzene rings is 1. The van der Waals surface area contributed by atoms with Crippen LogP contribution in [0.1, 0.15) is 32.3 Å². The van der Waals surface area contributed by atoms with Crippen molar-refractivity contribution in [3.63, 3.8) is 0 Å². The lowest BCUT2D eigenvalue weighted by Crippen LogP contribution is -2.38. The van der Waals surface area contributed by atoms with Gasteiger partial charge in [0.05, 0.1) is 0 Å². The summed E-state index contributed by atoms with van der Waals surface area (Å²) in [6, 6.07) is 9.87. The van der Waals surface area contributed by atoms with E-state index in [2.05, 4.69) is 0 Å². The minimum absolute atomic E-state index is 0.270. The van der Waals surface area contributed by atoms with Gasteiger partial charge in [-0.25, -0.2) is 0 Å². The summed E-state index contributed by atoms with van der Waals surface area (Å²) >= 11 is 0. The van der Waals surface area contributed by atoms with E-state index in [1.807, 2.05) is 44.2 Å². The van der Waals surface area contributed by atoms with Gasteiger partial charge in [-0.15, -0.1) is 0 Å². The van der Waals surface area contributed by atoms with Crippen LogP contribution in [-0.4, -0.2) is 12.3 Å². The molecule has 0 saturated heterocycles. The maximum Gasteiger partial charge on any atom is 0.144 e. The fraction of sp³-hybridized carbons (Fsp3) is 0.500. The first-order valence-electron chi connectivity index (χ1n) is 5.96. The first-order chi connectivity index (χ1) is 7.68. The number of carbonyl (C=O) groups is 1. The molecule has 0 fully saturated rings. The Hall–Kier alpha value is -1.15. The number of carbonyl (C=O) groups excluding carboxylic acids is 1. The molecule has 16 heavy (non-hydrogen) atoms. The molecule has 0 spiro atoms. The standard InChI is InChI=1S/C14H21NO/c1-3-14(4-2,11-15)13(16)10-12-8-6-5-7-9-12/h5-9H,3-4,10-11,15H2,1-2H3.